The topological polar surface area (TPSA) is 70.2 Å². The minimum Gasteiger partial charge on any atom is -0.487 e. The zero-order valence-corrected chi connectivity index (χ0v) is 18.7. The van der Waals surface area contributed by atoms with Gasteiger partial charge >= 0.3 is 0 Å². The van der Waals surface area contributed by atoms with E-state index in [4.69, 9.17) is 4.74 Å². The zero-order chi connectivity index (χ0) is 21.2. The van der Waals surface area contributed by atoms with Gasteiger partial charge in [-0.1, -0.05) is 26.0 Å². The van der Waals surface area contributed by atoms with Gasteiger partial charge in [0.2, 0.25) is 15.9 Å². The van der Waals surface area contributed by atoms with Gasteiger partial charge in [0.05, 0.1) is 12.6 Å². The van der Waals surface area contributed by atoms with Crippen LogP contribution >= 0.6 is 0 Å². The fourth-order valence-electron chi connectivity index (χ4n) is 4.05. The zero-order valence-electron chi connectivity index (χ0n) is 17.9. The summed E-state index contributed by atoms with van der Waals surface area (Å²) < 4.78 is 34.9. The van der Waals surface area contributed by atoms with Gasteiger partial charge in [-0.15, -0.1) is 0 Å². The van der Waals surface area contributed by atoms with Crippen LogP contribution in [0.3, 0.4) is 0 Å². The number of fused-ring (bicyclic) bond motifs is 2. The Morgan fingerprint density at radius 1 is 1.21 bits per heavy atom. The summed E-state index contributed by atoms with van der Waals surface area (Å²) in [6.45, 7) is 6.14. The molecule has 1 saturated heterocycles. The number of likely N-dealkylation sites (tertiary alicyclic amines) is 1. The summed E-state index contributed by atoms with van der Waals surface area (Å²) in [5.74, 6) is 0.887. The van der Waals surface area contributed by atoms with Crippen LogP contribution in [-0.4, -0.2) is 80.9 Å². The van der Waals surface area contributed by atoms with Crippen LogP contribution in [0.4, 0.5) is 0 Å². The fourth-order valence-corrected chi connectivity index (χ4v) is 5.86. The quantitative estimate of drug-likeness (QED) is 0.725. The molecule has 0 aliphatic carbocycles. The summed E-state index contributed by atoms with van der Waals surface area (Å²) >= 11 is 0. The molecule has 2 aliphatic heterocycles. The largest absolute Gasteiger partial charge is 0.487 e. The Hall–Kier alpha value is -1.64. The number of sulfonamides is 1. The van der Waals surface area contributed by atoms with E-state index in [1.807, 2.05) is 23.9 Å². The number of rotatable bonds is 5. The molecule has 1 aromatic carbocycles. The van der Waals surface area contributed by atoms with Gasteiger partial charge in [0, 0.05) is 26.1 Å². The molecule has 0 spiro atoms. The van der Waals surface area contributed by atoms with Crippen molar-refractivity contribution in [3.63, 3.8) is 0 Å². The van der Waals surface area contributed by atoms with Gasteiger partial charge in [0.15, 0.2) is 0 Å². The second kappa shape index (κ2) is 9.02. The molecule has 3 rings (SSSR count). The van der Waals surface area contributed by atoms with E-state index in [-0.39, 0.29) is 22.9 Å². The second-order valence-corrected chi connectivity index (χ2v) is 10.5. The van der Waals surface area contributed by atoms with Crippen LogP contribution in [0.15, 0.2) is 29.2 Å². The van der Waals surface area contributed by atoms with Gasteiger partial charge in [-0.05, 0) is 45.0 Å². The third-order valence-electron chi connectivity index (χ3n) is 5.62. The molecule has 162 valence electrons. The van der Waals surface area contributed by atoms with Crippen molar-refractivity contribution in [3.05, 3.63) is 24.3 Å². The standard InChI is InChI=1S/C21H33N3O4S/c1-16(2)9-14-24-17-10-12-23(21(25)15-22(3)4)13-11-18(17)28-19-7-5-6-8-20(19)29(24,26)27/h5-8,16-18H,9-15H2,1-4H3/t17-,18-/m0/s1. The first-order valence-electron chi connectivity index (χ1n) is 10.4. The summed E-state index contributed by atoms with van der Waals surface area (Å²) in [4.78, 5) is 16.5. The first kappa shape index (κ1) is 22.1. The van der Waals surface area contributed by atoms with Crippen LogP contribution in [0.1, 0.15) is 33.1 Å². The lowest BCUT2D eigenvalue weighted by Crippen LogP contribution is -2.47. The van der Waals surface area contributed by atoms with E-state index in [1.54, 1.807) is 28.6 Å². The Morgan fingerprint density at radius 3 is 2.59 bits per heavy atom. The highest BCUT2D eigenvalue weighted by molar-refractivity contribution is 7.89. The summed E-state index contributed by atoms with van der Waals surface area (Å²) in [5, 5.41) is 0. The van der Waals surface area contributed by atoms with E-state index < -0.39 is 10.0 Å². The van der Waals surface area contributed by atoms with Crippen LogP contribution in [0.25, 0.3) is 0 Å². The van der Waals surface area contributed by atoms with Crippen LogP contribution < -0.4 is 4.74 Å². The summed E-state index contributed by atoms with van der Waals surface area (Å²) in [6, 6.07) is 6.63. The van der Waals surface area contributed by atoms with Crippen molar-refractivity contribution in [2.45, 2.75) is 50.2 Å². The van der Waals surface area contributed by atoms with Crippen molar-refractivity contribution >= 4 is 15.9 Å². The number of likely N-dealkylation sites (N-methyl/N-ethyl adjacent to an activating group) is 1. The molecule has 1 aromatic rings. The van der Waals surface area contributed by atoms with Crippen molar-refractivity contribution in [1.29, 1.82) is 0 Å². The second-order valence-electron chi connectivity index (χ2n) is 8.66. The fraction of sp³-hybridized carbons (Fsp3) is 0.667. The van der Waals surface area contributed by atoms with Crippen LogP contribution in [-0.2, 0) is 14.8 Å². The maximum absolute atomic E-state index is 13.5. The normalized spacial score (nSPS) is 24.4. The van der Waals surface area contributed by atoms with Gasteiger partial charge in [0.1, 0.15) is 16.7 Å². The number of carbonyl (C=O) groups is 1. The SMILES string of the molecule is CC(C)CCN1[C@H]2CCN(C(=O)CN(C)C)CC[C@@H]2Oc2ccccc2S1(=O)=O. The number of hydrogen-bond acceptors (Lipinski definition) is 5. The van der Waals surface area contributed by atoms with Gasteiger partial charge in [0.25, 0.3) is 0 Å². The number of nitrogens with zero attached hydrogens (tertiary/aromatic N) is 3. The number of hydrogen-bond donors (Lipinski definition) is 0. The molecule has 2 aliphatic rings. The van der Waals surface area contributed by atoms with E-state index in [0.717, 1.165) is 6.42 Å². The first-order chi connectivity index (χ1) is 13.7. The molecule has 1 amide bonds. The highest BCUT2D eigenvalue weighted by Crippen LogP contribution is 2.36. The molecule has 0 saturated carbocycles. The van der Waals surface area contributed by atoms with Crippen molar-refractivity contribution in [2.75, 3.05) is 40.3 Å². The highest BCUT2D eigenvalue weighted by atomic mass is 32.2. The van der Waals surface area contributed by atoms with Crippen LogP contribution in [0.2, 0.25) is 0 Å². The lowest BCUT2D eigenvalue weighted by Gasteiger charge is -2.32. The Kier molecular flexibility index (Phi) is 6.86. The molecule has 0 N–H and O–H groups in total. The molecule has 2 atom stereocenters. The molecule has 0 radical (unpaired) electrons. The third kappa shape index (κ3) is 4.92. The molecule has 0 bridgehead atoms. The molecule has 2 heterocycles. The maximum atomic E-state index is 13.5. The molecule has 0 aromatic heterocycles. The number of para-hydroxylation sites is 1. The minimum atomic E-state index is -3.66. The van der Waals surface area contributed by atoms with E-state index in [9.17, 15) is 13.2 Å². The molecule has 8 heteroatoms. The van der Waals surface area contributed by atoms with Gasteiger partial charge in [-0.3, -0.25) is 4.79 Å². The van der Waals surface area contributed by atoms with Crippen LogP contribution in [0, 0.1) is 5.92 Å². The average Bonchev–Trinajstić information content (AvgIpc) is 2.88. The average molecular weight is 424 g/mol. The van der Waals surface area contributed by atoms with Gasteiger partial charge in [-0.25, -0.2) is 8.42 Å². The number of carbonyl (C=O) groups excluding carboxylic acids is 1. The summed E-state index contributed by atoms with van der Waals surface area (Å²) in [6.07, 6.45) is 1.72. The summed E-state index contributed by atoms with van der Waals surface area (Å²) in [5.41, 5.74) is 0. The van der Waals surface area contributed by atoms with Crippen molar-refractivity contribution in [1.82, 2.24) is 14.1 Å². The Balaban J connectivity index is 1.92. The van der Waals surface area contributed by atoms with Crippen molar-refractivity contribution in [2.24, 2.45) is 5.92 Å². The molecule has 7 nitrogen and oxygen atoms in total. The predicted molar refractivity (Wildman–Crippen MR) is 112 cm³/mol. The molecule has 29 heavy (non-hydrogen) atoms. The summed E-state index contributed by atoms with van der Waals surface area (Å²) in [7, 11) is 0.0882. The van der Waals surface area contributed by atoms with Crippen molar-refractivity contribution < 1.29 is 17.9 Å². The predicted octanol–water partition coefficient (Wildman–Crippen LogP) is 2.04. The van der Waals surface area contributed by atoms with Gasteiger partial charge < -0.3 is 14.5 Å². The smallest absolute Gasteiger partial charge is 0.247 e. The van der Waals surface area contributed by atoms with Crippen molar-refractivity contribution in [3.8, 4) is 5.75 Å². The molecular weight excluding hydrogens is 390 g/mol. The van der Waals surface area contributed by atoms with Crippen LogP contribution in [0.5, 0.6) is 5.75 Å². The molecule has 0 unspecified atom stereocenters. The van der Waals surface area contributed by atoms with Gasteiger partial charge in [-0.2, -0.15) is 4.31 Å². The molecular formula is C21H33N3O4S. The van der Waals surface area contributed by atoms with E-state index in [0.29, 0.717) is 50.7 Å². The lowest BCUT2D eigenvalue weighted by atomic mass is 10.0. The third-order valence-corrected chi connectivity index (χ3v) is 7.59. The Labute approximate surface area is 174 Å². The minimum absolute atomic E-state index is 0.0726. The number of benzene rings is 1. The highest BCUT2D eigenvalue weighted by Gasteiger charge is 2.43. The van der Waals surface area contributed by atoms with E-state index in [1.165, 1.54) is 0 Å². The lowest BCUT2D eigenvalue weighted by molar-refractivity contribution is -0.131. The van der Waals surface area contributed by atoms with E-state index >= 15 is 0 Å². The Morgan fingerprint density at radius 2 is 1.90 bits per heavy atom. The maximum Gasteiger partial charge on any atom is 0.247 e. The number of ether oxygens (including phenoxy) is 1. The monoisotopic (exact) mass is 423 g/mol. The first-order valence-corrected chi connectivity index (χ1v) is 11.8. The number of amides is 1. The Bertz CT molecular complexity index is 825. The van der Waals surface area contributed by atoms with E-state index in [2.05, 4.69) is 13.8 Å². The molecule has 1 fully saturated rings.